The number of amides is 2. The fourth-order valence-corrected chi connectivity index (χ4v) is 2.90. The molecule has 0 radical (unpaired) electrons. The van der Waals surface area contributed by atoms with Crippen molar-refractivity contribution in [2.24, 2.45) is 0 Å². The predicted molar refractivity (Wildman–Crippen MR) is 95.5 cm³/mol. The summed E-state index contributed by atoms with van der Waals surface area (Å²) in [5, 5.41) is 22.9. The van der Waals surface area contributed by atoms with E-state index in [9.17, 15) is 19.8 Å². The minimum absolute atomic E-state index is 0.0714. The Labute approximate surface area is 148 Å². The van der Waals surface area contributed by atoms with Crippen molar-refractivity contribution in [3.63, 3.8) is 0 Å². The standard InChI is InChI=1S/C18H27N3O4/c1-4-5-9-19-17(24)15-16(23)14(22)11-21(15)18(25)12-7-6-8-13(10-12)20(2)3/h6-8,10,14-16,22-23H,4-5,9,11H2,1-3H3,(H,19,24)/t14-,15-,16-/m0/s1. The van der Waals surface area contributed by atoms with Crippen LogP contribution >= 0.6 is 0 Å². The van der Waals surface area contributed by atoms with Gasteiger partial charge in [-0.15, -0.1) is 0 Å². The quantitative estimate of drug-likeness (QED) is 0.639. The summed E-state index contributed by atoms with van der Waals surface area (Å²) in [4.78, 5) is 28.4. The lowest BCUT2D eigenvalue weighted by Crippen LogP contribution is -2.50. The largest absolute Gasteiger partial charge is 0.388 e. The van der Waals surface area contributed by atoms with Crippen LogP contribution in [0.15, 0.2) is 24.3 Å². The maximum absolute atomic E-state index is 12.9. The highest BCUT2D eigenvalue weighted by molar-refractivity contribution is 5.99. The molecule has 7 nitrogen and oxygen atoms in total. The van der Waals surface area contributed by atoms with Crippen molar-refractivity contribution in [1.82, 2.24) is 10.2 Å². The summed E-state index contributed by atoms with van der Waals surface area (Å²) in [7, 11) is 3.74. The molecule has 1 aliphatic heterocycles. The molecule has 0 unspecified atom stereocenters. The Morgan fingerprint density at radius 3 is 2.68 bits per heavy atom. The van der Waals surface area contributed by atoms with Gasteiger partial charge in [0.1, 0.15) is 18.2 Å². The van der Waals surface area contributed by atoms with Crippen LogP contribution in [0.1, 0.15) is 30.1 Å². The van der Waals surface area contributed by atoms with E-state index in [4.69, 9.17) is 0 Å². The number of unbranched alkanes of at least 4 members (excludes halogenated alkanes) is 1. The molecule has 0 bridgehead atoms. The van der Waals surface area contributed by atoms with E-state index in [2.05, 4.69) is 5.32 Å². The first kappa shape index (κ1) is 19.2. The first-order chi connectivity index (χ1) is 11.9. The fourth-order valence-electron chi connectivity index (χ4n) is 2.90. The zero-order valence-electron chi connectivity index (χ0n) is 15.0. The second-order valence-electron chi connectivity index (χ2n) is 6.55. The van der Waals surface area contributed by atoms with Gasteiger partial charge in [0.15, 0.2) is 0 Å². The van der Waals surface area contributed by atoms with Gasteiger partial charge >= 0.3 is 0 Å². The SMILES string of the molecule is CCCCNC(=O)[C@@H]1[C@@H](O)[C@@H](O)CN1C(=O)c1cccc(N(C)C)c1. The van der Waals surface area contributed by atoms with Crippen LogP contribution in [0, 0.1) is 0 Å². The van der Waals surface area contributed by atoms with Gasteiger partial charge in [0, 0.05) is 31.9 Å². The number of anilines is 1. The maximum Gasteiger partial charge on any atom is 0.254 e. The summed E-state index contributed by atoms with van der Waals surface area (Å²) < 4.78 is 0. The van der Waals surface area contributed by atoms with Gasteiger partial charge in [0.25, 0.3) is 5.91 Å². The summed E-state index contributed by atoms with van der Waals surface area (Å²) in [6, 6.07) is 5.95. The highest BCUT2D eigenvalue weighted by Gasteiger charge is 2.46. The fraction of sp³-hybridized carbons (Fsp3) is 0.556. The predicted octanol–water partition coefficient (Wildman–Crippen LogP) is 0.215. The van der Waals surface area contributed by atoms with Gasteiger partial charge in [-0.2, -0.15) is 0 Å². The molecule has 1 saturated heterocycles. The number of carbonyl (C=O) groups is 2. The summed E-state index contributed by atoms with van der Waals surface area (Å²) in [5.74, 6) is -0.815. The second-order valence-corrected chi connectivity index (χ2v) is 6.55. The topological polar surface area (TPSA) is 93.1 Å². The first-order valence-corrected chi connectivity index (χ1v) is 8.59. The van der Waals surface area contributed by atoms with Crippen LogP contribution in [-0.2, 0) is 4.79 Å². The molecule has 7 heteroatoms. The molecular formula is C18H27N3O4. The Bertz CT molecular complexity index is 620. The molecule has 1 fully saturated rings. The van der Waals surface area contributed by atoms with E-state index in [1.165, 1.54) is 4.90 Å². The van der Waals surface area contributed by atoms with Crippen molar-refractivity contribution in [2.45, 2.75) is 38.0 Å². The Balaban J connectivity index is 2.21. The molecule has 2 rings (SSSR count). The highest BCUT2D eigenvalue weighted by atomic mass is 16.3. The molecule has 0 saturated carbocycles. The van der Waals surface area contributed by atoms with Gasteiger partial charge in [-0.1, -0.05) is 19.4 Å². The third-order valence-electron chi connectivity index (χ3n) is 4.41. The molecule has 3 N–H and O–H groups in total. The number of hydrogen-bond acceptors (Lipinski definition) is 5. The van der Waals surface area contributed by atoms with E-state index in [0.29, 0.717) is 12.1 Å². The summed E-state index contributed by atoms with van der Waals surface area (Å²) >= 11 is 0. The Morgan fingerprint density at radius 2 is 2.04 bits per heavy atom. The van der Waals surface area contributed by atoms with Gasteiger partial charge in [0.2, 0.25) is 5.91 Å². The Hall–Kier alpha value is -2.12. The number of aliphatic hydroxyl groups excluding tert-OH is 2. The third kappa shape index (κ3) is 4.29. The molecule has 0 spiro atoms. The number of β-amino-alcohol motifs (C(OH)–C–C–N with tert-alkyl or cyclic N) is 1. The molecule has 1 aromatic rings. The minimum atomic E-state index is -1.29. The summed E-state index contributed by atoms with van der Waals surface area (Å²) in [5.41, 5.74) is 1.27. The second kappa shape index (κ2) is 8.31. The maximum atomic E-state index is 12.9. The van der Waals surface area contributed by atoms with E-state index >= 15 is 0 Å². The number of hydrogen-bond donors (Lipinski definition) is 3. The van der Waals surface area contributed by atoms with Crippen molar-refractivity contribution < 1.29 is 19.8 Å². The number of likely N-dealkylation sites (tertiary alicyclic amines) is 1. The van der Waals surface area contributed by atoms with Gasteiger partial charge < -0.3 is 25.3 Å². The van der Waals surface area contributed by atoms with Gasteiger partial charge in [-0.25, -0.2) is 0 Å². The number of nitrogens with zero attached hydrogens (tertiary/aromatic N) is 2. The lowest BCUT2D eigenvalue weighted by atomic mass is 10.1. The molecule has 1 heterocycles. The van der Waals surface area contributed by atoms with Crippen molar-refractivity contribution in [1.29, 1.82) is 0 Å². The van der Waals surface area contributed by atoms with Gasteiger partial charge in [0.05, 0.1) is 6.54 Å². The van der Waals surface area contributed by atoms with E-state index in [1.807, 2.05) is 32.0 Å². The zero-order valence-corrected chi connectivity index (χ0v) is 15.0. The van der Waals surface area contributed by atoms with Crippen molar-refractivity contribution in [2.75, 3.05) is 32.1 Å². The average Bonchev–Trinajstić information content (AvgIpc) is 2.89. The number of rotatable bonds is 6. The summed E-state index contributed by atoms with van der Waals surface area (Å²) in [6.45, 7) is 2.42. The van der Waals surface area contributed by atoms with E-state index in [0.717, 1.165) is 18.5 Å². The normalized spacial score (nSPS) is 22.8. The minimum Gasteiger partial charge on any atom is -0.388 e. The van der Waals surface area contributed by atoms with Crippen LogP contribution in [0.5, 0.6) is 0 Å². The van der Waals surface area contributed by atoms with Crippen LogP contribution in [0.25, 0.3) is 0 Å². The van der Waals surface area contributed by atoms with E-state index in [1.54, 1.807) is 18.2 Å². The average molecular weight is 349 g/mol. The number of nitrogens with one attached hydrogen (secondary N) is 1. The zero-order chi connectivity index (χ0) is 18.6. The third-order valence-corrected chi connectivity index (χ3v) is 4.41. The molecular weight excluding hydrogens is 322 g/mol. The Morgan fingerprint density at radius 1 is 1.32 bits per heavy atom. The Kier molecular flexibility index (Phi) is 6.39. The number of carbonyl (C=O) groups excluding carboxylic acids is 2. The molecule has 3 atom stereocenters. The lowest BCUT2D eigenvalue weighted by molar-refractivity contribution is -0.127. The molecule has 138 valence electrons. The highest BCUT2D eigenvalue weighted by Crippen LogP contribution is 2.23. The number of benzene rings is 1. The summed E-state index contributed by atoms with van der Waals surface area (Å²) in [6.07, 6.45) is -0.683. The van der Waals surface area contributed by atoms with E-state index in [-0.39, 0.29) is 12.5 Å². The monoisotopic (exact) mass is 349 g/mol. The van der Waals surface area contributed by atoms with E-state index < -0.39 is 24.2 Å². The molecule has 1 aliphatic rings. The molecule has 2 amide bonds. The first-order valence-electron chi connectivity index (χ1n) is 8.59. The van der Waals surface area contributed by atoms with Crippen LogP contribution in [0.3, 0.4) is 0 Å². The van der Waals surface area contributed by atoms with Crippen molar-refractivity contribution in [3.05, 3.63) is 29.8 Å². The number of aliphatic hydroxyl groups is 2. The van der Waals surface area contributed by atoms with Crippen LogP contribution in [0.4, 0.5) is 5.69 Å². The lowest BCUT2D eigenvalue weighted by Gasteiger charge is -2.25. The molecule has 0 aliphatic carbocycles. The molecule has 1 aromatic carbocycles. The molecule has 25 heavy (non-hydrogen) atoms. The van der Waals surface area contributed by atoms with Crippen molar-refractivity contribution >= 4 is 17.5 Å². The van der Waals surface area contributed by atoms with Crippen LogP contribution < -0.4 is 10.2 Å². The van der Waals surface area contributed by atoms with Gasteiger partial charge in [-0.3, -0.25) is 9.59 Å². The van der Waals surface area contributed by atoms with Crippen LogP contribution in [-0.4, -0.2) is 72.4 Å². The molecule has 0 aromatic heterocycles. The smallest absolute Gasteiger partial charge is 0.254 e. The van der Waals surface area contributed by atoms with Crippen LogP contribution in [0.2, 0.25) is 0 Å². The van der Waals surface area contributed by atoms with Crippen molar-refractivity contribution in [3.8, 4) is 0 Å². The van der Waals surface area contributed by atoms with Gasteiger partial charge in [-0.05, 0) is 24.6 Å².